The van der Waals surface area contributed by atoms with Crippen molar-refractivity contribution in [2.24, 2.45) is 0 Å². The summed E-state index contributed by atoms with van der Waals surface area (Å²) < 4.78 is 30.9. The molecule has 2 aromatic heterocycles. The zero-order valence-electron chi connectivity index (χ0n) is 19.3. The van der Waals surface area contributed by atoms with Crippen LogP contribution >= 0.6 is 11.6 Å². The summed E-state index contributed by atoms with van der Waals surface area (Å²) >= 11 is 6.07. The number of aliphatic hydroxyl groups excluding tert-OH is 1. The van der Waals surface area contributed by atoms with Gasteiger partial charge in [-0.1, -0.05) is 29.8 Å². The van der Waals surface area contributed by atoms with E-state index in [0.29, 0.717) is 23.1 Å². The summed E-state index contributed by atoms with van der Waals surface area (Å²) in [4.78, 5) is 13.2. The topological polar surface area (TPSA) is 114 Å². The molecule has 0 bridgehead atoms. The Kier molecular flexibility index (Phi) is 8.00. The molecule has 2 N–H and O–H groups in total. The van der Waals surface area contributed by atoms with Crippen molar-refractivity contribution in [3.05, 3.63) is 70.6 Å². The van der Waals surface area contributed by atoms with Crippen molar-refractivity contribution in [1.29, 1.82) is 0 Å². The highest BCUT2D eigenvalue weighted by Crippen LogP contribution is 2.26. The highest BCUT2D eigenvalue weighted by Gasteiger charge is 2.21. The predicted octanol–water partition coefficient (Wildman–Crippen LogP) is 4.39. The number of anilines is 1. The molecular weight excluding hydrogens is 488 g/mol. The SMILES string of the molecule is COc1nc(CS(=O)(=O)c2ccccc2Cl)ccc1/C=C/c1cnc(NC2CCC(O)CC2)nc1. The van der Waals surface area contributed by atoms with E-state index in [1.165, 1.54) is 13.2 Å². The molecule has 10 heteroatoms. The van der Waals surface area contributed by atoms with Gasteiger partial charge in [-0.2, -0.15) is 0 Å². The number of methoxy groups -OCH3 is 1. The molecule has 0 atom stereocenters. The molecule has 4 rings (SSSR count). The van der Waals surface area contributed by atoms with Crippen molar-refractivity contribution >= 4 is 39.5 Å². The molecule has 0 saturated heterocycles. The number of aliphatic hydroxyl groups is 1. The Labute approximate surface area is 210 Å². The largest absolute Gasteiger partial charge is 0.481 e. The zero-order valence-corrected chi connectivity index (χ0v) is 20.8. The number of benzene rings is 1. The Morgan fingerprint density at radius 2 is 1.80 bits per heavy atom. The molecule has 1 aliphatic carbocycles. The fraction of sp³-hybridized carbons (Fsp3) is 0.320. The number of ether oxygens (including phenoxy) is 1. The van der Waals surface area contributed by atoms with E-state index in [1.54, 1.807) is 42.7 Å². The number of aromatic nitrogens is 3. The third-order valence-corrected chi connectivity index (χ3v) is 7.95. The van der Waals surface area contributed by atoms with Crippen molar-refractivity contribution in [2.45, 2.75) is 48.5 Å². The van der Waals surface area contributed by atoms with E-state index in [2.05, 4.69) is 20.3 Å². The average molecular weight is 515 g/mol. The van der Waals surface area contributed by atoms with E-state index in [4.69, 9.17) is 16.3 Å². The van der Waals surface area contributed by atoms with Crippen LogP contribution in [0.25, 0.3) is 12.2 Å². The van der Waals surface area contributed by atoms with Crippen LogP contribution in [0.1, 0.15) is 42.5 Å². The van der Waals surface area contributed by atoms with Gasteiger partial charge in [0, 0.05) is 29.6 Å². The molecule has 3 aromatic rings. The lowest BCUT2D eigenvalue weighted by atomic mass is 9.93. The smallest absolute Gasteiger partial charge is 0.222 e. The molecule has 0 unspecified atom stereocenters. The number of halogens is 1. The Morgan fingerprint density at radius 3 is 2.49 bits per heavy atom. The van der Waals surface area contributed by atoms with Gasteiger partial charge in [0.05, 0.1) is 34.6 Å². The van der Waals surface area contributed by atoms with Crippen molar-refractivity contribution in [3.63, 3.8) is 0 Å². The van der Waals surface area contributed by atoms with E-state index in [9.17, 15) is 13.5 Å². The van der Waals surface area contributed by atoms with Gasteiger partial charge >= 0.3 is 0 Å². The Morgan fingerprint density at radius 1 is 1.09 bits per heavy atom. The minimum atomic E-state index is -3.66. The van der Waals surface area contributed by atoms with Crippen LogP contribution in [0.5, 0.6) is 5.88 Å². The van der Waals surface area contributed by atoms with Crippen molar-refractivity contribution in [2.75, 3.05) is 12.4 Å². The molecule has 35 heavy (non-hydrogen) atoms. The molecule has 1 saturated carbocycles. The molecule has 0 aliphatic heterocycles. The Balaban J connectivity index is 1.43. The first-order valence-corrected chi connectivity index (χ1v) is 13.3. The summed E-state index contributed by atoms with van der Waals surface area (Å²) in [7, 11) is -2.17. The zero-order chi connectivity index (χ0) is 24.8. The van der Waals surface area contributed by atoms with Gasteiger partial charge in [-0.3, -0.25) is 0 Å². The van der Waals surface area contributed by atoms with Gasteiger partial charge in [0.1, 0.15) is 0 Å². The molecule has 8 nitrogen and oxygen atoms in total. The van der Waals surface area contributed by atoms with Crippen LogP contribution in [-0.4, -0.2) is 47.7 Å². The monoisotopic (exact) mass is 514 g/mol. The van der Waals surface area contributed by atoms with Gasteiger partial charge in [-0.05, 0) is 56.0 Å². The first-order valence-electron chi connectivity index (χ1n) is 11.3. The molecule has 0 spiro atoms. The van der Waals surface area contributed by atoms with Crippen LogP contribution in [-0.2, 0) is 15.6 Å². The minimum Gasteiger partial charge on any atom is -0.481 e. The summed E-state index contributed by atoms with van der Waals surface area (Å²) in [5, 5.41) is 13.1. The van der Waals surface area contributed by atoms with Crippen LogP contribution in [0.4, 0.5) is 5.95 Å². The third-order valence-electron chi connectivity index (χ3n) is 5.81. The first kappa shape index (κ1) is 25.1. The number of hydrogen-bond donors (Lipinski definition) is 2. The van der Waals surface area contributed by atoms with Crippen LogP contribution in [0.15, 0.2) is 53.7 Å². The fourth-order valence-electron chi connectivity index (χ4n) is 3.92. The molecule has 0 radical (unpaired) electrons. The third kappa shape index (κ3) is 6.56. The predicted molar refractivity (Wildman–Crippen MR) is 136 cm³/mol. The normalized spacial score (nSPS) is 18.5. The lowest BCUT2D eigenvalue weighted by Crippen LogP contribution is -2.28. The fourth-order valence-corrected chi connectivity index (χ4v) is 5.76. The maximum atomic E-state index is 12.8. The Bertz CT molecular complexity index is 1290. The highest BCUT2D eigenvalue weighted by molar-refractivity contribution is 7.90. The number of pyridine rings is 1. The van der Waals surface area contributed by atoms with Crippen molar-refractivity contribution in [3.8, 4) is 5.88 Å². The van der Waals surface area contributed by atoms with E-state index in [1.807, 2.05) is 12.2 Å². The lowest BCUT2D eigenvalue weighted by molar-refractivity contribution is 0.126. The highest BCUT2D eigenvalue weighted by atomic mass is 35.5. The summed E-state index contributed by atoms with van der Waals surface area (Å²) in [6.45, 7) is 0. The van der Waals surface area contributed by atoms with Crippen LogP contribution < -0.4 is 10.1 Å². The maximum Gasteiger partial charge on any atom is 0.222 e. The summed E-state index contributed by atoms with van der Waals surface area (Å²) in [6, 6.07) is 10.0. The van der Waals surface area contributed by atoms with Crippen molar-refractivity contribution in [1.82, 2.24) is 15.0 Å². The maximum absolute atomic E-state index is 12.8. The first-order chi connectivity index (χ1) is 16.8. The number of hydrogen-bond acceptors (Lipinski definition) is 8. The second-order valence-corrected chi connectivity index (χ2v) is 10.8. The van der Waals surface area contributed by atoms with E-state index >= 15 is 0 Å². The van der Waals surface area contributed by atoms with Gasteiger partial charge in [-0.15, -0.1) is 0 Å². The quantitative estimate of drug-likeness (QED) is 0.455. The molecule has 0 amide bonds. The summed E-state index contributed by atoms with van der Waals surface area (Å²) in [6.07, 6.45) is 10.3. The van der Waals surface area contributed by atoms with Gasteiger partial charge in [0.15, 0.2) is 9.84 Å². The van der Waals surface area contributed by atoms with Gasteiger partial charge in [0.25, 0.3) is 0 Å². The number of nitrogens with one attached hydrogen (secondary N) is 1. The van der Waals surface area contributed by atoms with E-state index in [0.717, 1.165) is 31.2 Å². The summed E-state index contributed by atoms with van der Waals surface area (Å²) in [5.41, 5.74) is 1.84. The number of nitrogens with zero attached hydrogens (tertiary/aromatic N) is 3. The summed E-state index contributed by atoms with van der Waals surface area (Å²) in [5.74, 6) is 0.581. The second-order valence-electron chi connectivity index (χ2n) is 8.41. The Hall–Kier alpha value is -3.01. The average Bonchev–Trinajstić information content (AvgIpc) is 2.85. The lowest BCUT2D eigenvalue weighted by Gasteiger charge is -2.26. The molecule has 184 valence electrons. The van der Waals surface area contributed by atoms with Gasteiger partial charge in [-0.25, -0.2) is 23.4 Å². The van der Waals surface area contributed by atoms with Crippen molar-refractivity contribution < 1.29 is 18.3 Å². The van der Waals surface area contributed by atoms with E-state index in [-0.39, 0.29) is 27.8 Å². The molecular formula is C25H27ClN4O4S. The minimum absolute atomic E-state index is 0.0745. The number of rotatable bonds is 8. The molecule has 1 aromatic carbocycles. The molecule has 1 aliphatic rings. The van der Waals surface area contributed by atoms with Gasteiger partial charge in [0.2, 0.25) is 11.8 Å². The van der Waals surface area contributed by atoms with Crippen LogP contribution in [0.3, 0.4) is 0 Å². The van der Waals surface area contributed by atoms with Crippen LogP contribution in [0.2, 0.25) is 5.02 Å². The second kappa shape index (κ2) is 11.2. The molecule has 1 fully saturated rings. The molecule has 2 heterocycles. The number of sulfone groups is 1. The van der Waals surface area contributed by atoms with Gasteiger partial charge < -0.3 is 15.2 Å². The van der Waals surface area contributed by atoms with Crippen LogP contribution in [0, 0.1) is 0 Å². The standard InChI is InChI=1S/C25H27ClN4O4S/c1-34-24-18(8-9-20(29-24)16-35(32,33)23-5-3-2-4-22(23)26)7-6-17-14-27-25(28-15-17)30-19-10-12-21(31)13-11-19/h2-9,14-15,19,21,31H,10-13,16H2,1H3,(H,27,28,30)/b7-6+. The van der Waals surface area contributed by atoms with E-state index < -0.39 is 9.84 Å².